The molecule has 106 valence electrons. The van der Waals surface area contributed by atoms with Crippen molar-refractivity contribution in [1.82, 2.24) is 5.32 Å². The van der Waals surface area contributed by atoms with Crippen LogP contribution in [0.3, 0.4) is 0 Å². The average molecular weight is 265 g/mol. The molecule has 0 aliphatic carbocycles. The summed E-state index contributed by atoms with van der Waals surface area (Å²) < 4.78 is 5.62. The molecule has 0 aliphatic rings. The van der Waals surface area contributed by atoms with Crippen LogP contribution in [0.5, 0.6) is 5.75 Å². The van der Waals surface area contributed by atoms with Crippen LogP contribution >= 0.6 is 0 Å². The van der Waals surface area contributed by atoms with Crippen molar-refractivity contribution < 1.29 is 14.6 Å². The molecule has 1 atom stereocenters. The third-order valence-electron chi connectivity index (χ3n) is 3.02. The van der Waals surface area contributed by atoms with E-state index in [2.05, 4.69) is 32.2 Å². The SMILES string of the molecule is CNC(CCOc1cccc(C(C)(C)C)c1)C(=O)O. The first-order valence-corrected chi connectivity index (χ1v) is 6.48. The number of likely N-dealkylation sites (N-methyl/N-ethyl adjacent to an activating group) is 1. The number of carboxylic acids is 1. The zero-order chi connectivity index (χ0) is 14.5. The molecule has 0 aliphatic heterocycles. The van der Waals surface area contributed by atoms with E-state index in [9.17, 15) is 4.79 Å². The third-order valence-corrected chi connectivity index (χ3v) is 3.02. The number of rotatable bonds is 6. The Morgan fingerprint density at radius 1 is 1.42 bits per heavy atom. The van der Waals surface area contributed by atoms with Crippen molar-refractivity contribution in [2.24, 2.45) is 0 Å². The van der Waals surface area contributed by atoms with E-state index in [0.29, 0.717) is 13.0 Å². The molecule has 1 rings (SSSR count). The molecule has 4 nitrogen and oxygen atoms in total. The van der Waals surface area contributed by atoms with E-state index in [-0.39, 0.29) is 5.41 Å². The number of carbonyl (C=O) groups is 1. The van der Waals surface area contributed by atoms with Crippen molar-refractivity contribution in [3.05, 3.63) is 29.8 Å². The van der Waals surface area contributed by atoms with Crippen LogP contribution in [0.1, 0.15) is 32.8 Å². The summed E-state index contributed by atoms with van der Waals surface area (Å²) in [6.07, 6.45) is 0.436. The molecule has 0 aromatic heterocycles. The zero-order valence-corrected chi connectivity index (χ0v) is 12.1. The highest BCUT2D eigenvalue weighted by Crippen LogP contribution is 2.25. The minimum Gasteiger partial charge on any atom is -0.494 e. The molecule has 19 heavy (non-hydrogen) atoms. The van der Waals surface area contributed by atoms with Gasteiger partial charge in [-0.15, -0.1) is 0 Å². The number of nitrogens with one attached hydrogen (secondary N) is 1. The largest absolute Gasteiger partial charge is 0.494 e. The Bertz CT molecular complexity index is 424. The topological polar surface area (TPSA) is 58.6 Å². The average Bonchev–Trinajstić information content (AvgIpc) is 2.33. The Morgan fingerprint density at radius 3 is 2.63 bits per heavy atom. The highest BCUT2D eigenvalue weighted by Gasteiger charge is 2.16. The van der Waals surface area contributed by atoms with E-state index < -0.39 is 12.0 Å². The van der Waals surface area contributed by atoms with Gasteiger partial charge in [-0.05, 0) is 30.2 Å². The van der Waals surface area contributed by atoms with Gasteiger partial charge in [-0.25, -0.2) is 0 Å². The summed E-state index contributed by atoms with van der Waals surface area (Å²) in [6.45, 7) is 6.82. The van der Waals surface area contributed by atoms with Gasteiger partial charge >= 0.3 is 5.97 Å². The smallest absolute Gasteiger partial charge is 0.320 e. The van der Waals surface area contributed by atoms with Crippen molar-refractivity contribution in [2.75, 3.05) is 13.7 Å². The van der Waals surface area contributed by atoms with Crippen LogP contribution < -0.4 is 10.1 Å². The molecular formula is C15H23NO3. The molecule has 4 heteroatoms. The Morgan fingerprint density at radius 2 is 2.11 bits per heavy atom. The van der Waals surface area contributed by atoms with Gasteiger partial charge in [0.05, 0.1) is 6.61 Å². The normalized spacial score (nSPS) is 13.1. The second kappa shape index (κ2) is 6.57. The Labute approximate surface area is 114 Å². The van der Waals surface area contributed by atoms with Crippen LogP contribution in [0, 0.1) is 0 Å². The molecular weight excluding hydrogens is 242 g/mol. The van der Waals surface area contributed by atoms with E-state index in [4.69, 9.17) is 9.84 Å². The molecule has 1 unspecified atom stereocenters. The highest BCUT2D eigenvalue weighted by atomic mass is 16.5. The third kappa shape index (κ3) is 4.91. The van der Waals surface area contributed by atoms with Gasteiger partial charge in [-0.2, -0.15) is 0 Å². The lowest BCUT2D eigenvalue weighted by atomic mass is 9.87. The van der Waals surface area contributed by atoms with Crippen LogP contribution in [0.15, 0.2) is 24.3 Å². The van der Waals surface area contributed by atoms with Gasteiger partial charge in [-0.1, -0.05) is 32.9 Å². The monoisotopic (exact) mass is 265 g/mol. The Balaban J connectivity index is 2.57. The van der Waals surface area contributed by atoms with Gasteiger partial charge in [0.1, 0.15) is 11.8 Å². The van der Waals surface area contributed by atoms with E-state index in [1.807, 2.05) is 18.2 Å². The molecule has 0 radical (unpaired) electrons. The molecule has 0 fully saturated rings. The maximum absolute atomic E-state index is 10.8. The molecule has 0 amide bonds. The lowest BCUT2D eigenvalue weighted by Gasteiger charge is -2.20. The van der Waals surface area contributed by atoms with Crippen LogP contribution in [0.25, 0.3) is 0 Å². The first-order valence-electron chi connectivity index (χ1n) is 6.48. The van der Waals surface area contributed by atoms with Gasteiger partial charge < -0.3 is 15.2 Å². The zero-order valence-electron chi connectivity index (χ0n) is 12.1. The summed E-state index contributed by atoms with van der Waals surface area (Å²) in [5.41, 5.74) is 1.28. The maximum Gasteiger partial charge on any atom is 0.320 e. The second-order valence-electron chi connectivity index (χ2n) is 5.59. The minimum absolute atomic E-state index is 0.0773. The summed E-state index contributed by atoms with van der Waals surface area (Å²) in [4.78, 5) is 10.8. The second-order valence-corrected chi connectivity index (χ2v) is 5.59. The lowest BCUT2D eigenvalue weighted by Crippen LogP contribution is -2.35. The Kier molecular flexibility index (Phi) is 5.36. The van der Waals surface area contributed by atoms with Crippen LogP contribution in [0.4, 0.5) is 0 Å². The van der Waals surface area contributed by atoms with Gasteiger partial charge in [0.2, 0.25) is 0 Å². The predicted octanol–water partition coefficient (Wildman–Crippen LogP) is 2.43. The molecule has 1 aromatic rings. The van der Waals surface area contributed by atoms with Gasteiger partial charge in [0, 0.05) is 6.42 Å². The van der Waals surface area contributed by atoms with Crippen molar-refractivity contribution in [2.45, 2.75) is 38.6 Å². The minimum atomic E-state index is -0.852. The number of carboxylic acid groups (broad SMARTS) is 1. The molecule has 0 bridgehead atoms. The van der Waals surface area contributed by atoms with E-state index in [1.54, 1.807) is 7.05 Å². The standard InChI is InChI=1S/C15H23NO3/c1-15(2,3)11-6-5-7-12(10-11)19-9-8-13(16-4)14(17)18/h5-7,10,13,16H,8-9H2,1-4H3,(H,17,18). The number of hydrogen-bond donors (Lipinski definition) is 2. The number of hydrogen-bond acceptors (Lipinski definition) is 3. The van der Waals surface area contributed by atoms with Crippen LogP contribution in [-0.2, 0) is 10.2 Å². The molecule has 0 spiro atoms. The summed E-state index contributed by atoms with van der Waals surface area (Å²) in [5.74, 6) is -0.0674. The molecule has 0 heterocycles. The predicted molar refractivity (Wildman–Crippen MR) is 75.7 cm³/mol. The molecule has 2 N–H and O–H groups in total. The molecule has 1 aromatic carbocycles. The number of ether oxygens (including phenoxy) is 1. The first kappa shape index (κ1) is 15.5. The first-order chi connectivity index (χ1) is 8.84. The summed E-state index contributed by atoms with van der Waals surface area (Å²) in [5, 5.41) is 11.6. The maximum atomic E-state index is 10.8. The van der Waals surface area contributed by atoms with Crippen molar-refractivity contribution in [3.63, 3.8) is 0 Å². The van der Waals surface area contributed by atoms with Crippen LogP contribution in [-0.4, -0.2) is 30.8 Å². The van der Waals surface area contributed by atoms with E-state index >= 15 is 0 Å². The van der Waals surface area contributed by atoms with E-state index in [0.717, 1.165) is 5.75 Å². The fraction of sp³-hybridized carbons (Fsp3) is 0.533. The summed E-state index contributed by atoms with van der Waals surface area (Å²) in [6, 6.07) is 7.37. The van der Waals surface area contributed by atoms with Gasteiger partial charge in [0.15, 0.2) is 0 Å². The number of aliphatic carboxylic acids is 1. The Hall–Kier alpha value is -1.55. The quantitative estimate of drug-likeness (QED) is 0.829. The summed E-state index contributed by atoms with van der Waals surface area (Å²) in [7, 11) is 1.64. The van der Waals surface area contributed by atoms with Gasteiger partial charge in [0.25, 0.3) is 0 Å². The molecule has 0 saturated heterocycles. The fourth-order valence-corrected chi connectivity index (χ4v) is 1.74. The van der Waals surface area contributed by atoms with Crippen molar-refractivity contribution in [1.29, 1.82) is 0 Å². The van der Waals surface area contributed by atoms with Crippen LogP contribution in [0.2, 0.25) is 0 Å². The fourth-order valence-electron chi connectivity index (χ4n) is 1.74. The van der Waals surface area contributed by atoms with E-state index in [1.165, 1.54) is 5.56 Å². The number of benzene rings is 1. The van der Waals surface area contributed by atoms with Crippen molar-refractivity contribution >= 4 is 5.97 Å². The van der Waals surface area contributed by atoms with Crippen molar-refractivity contribution in [3.8, 4) is 5.75 Å². The summed E-state index contributed by atoms with van der Waals surface area (Å²) >= 11 is 0. The van der Waals surface area contributed by atoms with Gasteiger partial charge in [-0.3, -0.25) is 4.79 Å². The highest BCUT2D eigenvalue weighted by molar-refractivity contribution is 5.73. The molecule has 0 saturated carbocycles. The lowest BCUT2D eigenvalue weighted by molar-refractivity contribution is -0.139.